The first kappa shape index (κ1) is 10.1. The maximum atomic E-state index is 10.8. The lowest BCUT2D eigenvalue weighted by Crippen LogP contribution is -2.01. The molecule has 0 bridgehead atoms. The standard InChI is InChI=1S/C9H8BrO3/c1-13-9(12)5-6-2-3-8(11)7(10)4-6/h2-5,11H,1H3. The van der Waals surface area contributed by atoms with Gasteiger partial charge in [0.25, 0.3) is 0 Å². The van der Waals surface area contributed by atoms with Gasteiger partial charge in [-0.15, -0.1) is 0 Å². The molecule has 0 saturated carbocycles. The highest BCUT2D eigenvalue weighted by Gasteiger charge is 2.05. The molecule has 3 nitrogen and oxygen atoms in total. The van der Waals surface area contributed by atoms with Gasteiger partial charge in [0.15, 0.2) is 0 Å². The number of halogens is 1. The summed E-state index contributed by atoms with van der Waals surface area (Å²) in [5.74, 6) is -0.278. The third kappa shape index (κ3) is 2.73. The van der Waals surface area contributed by atoms with Crippen LogP contribution in [0.5, 0.6) is 5.75 Å². The van der Waals surface area contributed by atoms with E-state index in [4.69, 9.17) is 5.11 Å². The number of methoxy groups -OCH3 is 1. The number of carbonyl (C=O) groups is 1. The zero-order valence-electron chi connectivity index (χ0n) is 6.95. The minimum Gasteiger partial charge on any atom is -0.507 e. The molecule has 1 aromatic rings. The Bertz CT molecular complexity index is 323. The first-order valence-corrected chi connectivity index (χ1v) is 4.34. The number of hydrogen-bond acceptors (Lipinski definition) is 3. The van der Waals surface area contributed by atoms with Crippen LogP contribution < -0.4 is 0 Å². The first-order valence-electron chi connectivity index (χ1n) is 3.54. The van der Waals surface area contributed by atoms with Gasteiger partial charge in [-0.05, 0) is 33.6 Å². The van der Waals surface area contributed by atoms with Gasteiger partial charge in [-0.25, -0.2) is 0 Å². The van der Waals surface area contributed by atoms with Gasteiger partial charge in [0.1, 0.15) is 5.75 Å². The van der Waals surface area contributed by atoms with E-state index in [0.717, 1.165) is 0 Å². The zero-order valence-corrected chi connectivity index (χ0v) is 8.54. The summed E-state index contributed by atoms with van der Waals surface area (Å²) in [6.45, 7) is 0. The van der Waals surface area contributed by atoms with Crippen LogP contribution in [-0.2, 0) is 9.53 Å². The number of hydrogen-bond donors (Lipinski definition) is 1. The molecule has 0 aliphatic carbocycles. The average molecular weight is 244 g/mol. The Morgan fingerprint density at radius 1 is 1.62 bits per heavy atom. The second kappa shape index (κ2) is 4.28. The summed E-state index contributed by atoms with van der Waals surface area (Å²) >= 11 is 3.14. The molecule has 0 fully saturated rings. The molecule has 0 unspecified atom stereocenters. The van der Waals surface area contributed by atoms with Crippen LogP contribution in [0.4, 0.5) is 0 Å². The number of aromatic hydroxyl groups is 1. The van der Waals surface area contributed by atoms with Crippen molar-refractivity contribution in [1.29, 1.82) is 0 Å². The molecule has 69 valence electrons. The van der Waals surface area contributed by atoms with Gasteiger partial charge in [0.2, 0.25) is 0 Å². The van der Waals surface area contributed by atoms with E-state index >= 15 is 0 Å². The summed E-state index contributed by atoms with van der Waals surface area (Å²) in [5, 5.41) is 9.16. The minimum atomic E-state index is -0.419. The minimum absolute atomic E-state index is 0.141. The summed E-state index contributed by atoms with van der Waals surface area (Å²) < 4.78 is 5.00. The number of rotatable bonds is 2. The van der Waals surface area contributed by atoms with Crippen molar-refractivity contribution >= 4 is 21.9 Å². The predicted molar refractivity (Wildman–Crippen MR) is 51.2 cm³/mol. The Kier molecular flexibility index (Phi) is 3.31. The van der Waals surface area contributed by atoms with E-state index in [1.807, 2.05) is 0 Å². The van der Waals surface area contributed by atoms with Gasteiger partial charge in [-0.1, -0.05) is 6.07 Å². The first-order chi connectivity index (χ1) is 6.13. The summed E-state index contributed by atoms with van der Waals surface area (Å²) in [4.78, 5) is 10.8. The van der Waals surface area contributed by atoms with Crippen molar-refractivity contribution in [2.45, 2.75) is 0 Å². The maximum absolute atomic E-state index is 10.8. The smallest absolute Gasteiger partial charge is 0.314 e. The highest BCUT2D eigenvalue weighted by atomic mass is 79.9. The topological polar surface area (TPSA) is 46.5 Å². The molecule has 1 radical (unpaired) electrons. The third-order valence-electron chi connectivity index (χ3n) is 1.46. The normalized spacial score (nSPS) is 9.69. The monoisotopic (exact) mass is 243 g/mol. The zero-order chi connectivity index (χ0) is 9.84. The largest absolute Gasteiger partial charge is 0.507 e. The fraction of sp³-hybridized carbons (Fsp3) is 0.111. The third-order valence-corrected chi connectivity index (χ3v) is 2.09. The molecule has 0 aliphatic rings. The van der Waals surface area contributed by atoms with Crippen LogP contribution in [0.25, 0.3) is 0 Å². The second-order valence-electron chi connectivity index (χ2n) is 2.38. The van der Waals surface area contributed by atoms with E-state index in [-0.39, 0.29) is 5.75 Å². The van der Waals surface area contributed by atoms with E-state index in [1.54, 1.807) is 12.1 Å². The number of ether oxygens (including phenoxy) is 1. The lowest BCUT2D eigenvalue weighted by molar-refractivity contribution is -0.136. The highest BCUT2D eigenvalue weighted by molar-refractivity contribution is 9.10. The van der Waals surface area contributed by atoms with E-state index in [9.17, 15) is 4.79 Å². The molecule has 13 heavy (non-hydrogen) atoms. The van der Waals surface area contributed by atoms with Crippen LogP contribution in [-0.4, -0.2) is 18.2 Å². The number of phenols is 1. The molecular formula is C9H8BrO3. The van der Waals surface area contributed by atoms with Gasteiger partial charge in [0.05, 0.1) is 18.0 Å². The van der Waals surface area contributed by atoms with Gasteiger partial charge < -0.3 is 9.84 Å². The van der Waals surface area contributed by atoms with Crippen molar-refractivity contribution in [2.24, 2.45) is 0 Å². The molecule has 0 heterocycles. The van der Waals surface area contributed by atoms with Crippen molar-refractivity contribution < 1.29 is 14.6 Å². The Hall–Kier alpha value is -1.03. The molecule has 0 aliphatic heterocycles. The summed E-state index contributed by atoms with van der Waals surface area (Å²) in [7, 11) is 1.31. The SMILES string of the molecule is COC(=O)[CH]c1ccc(O)c(Br)c1. The van der Waals surface area contributed by atoms with Crippen LogP contribution in [0, 0.1) is 6.42 Å². The summed E-state index contributed by atoms with van der Waals surface area (Å²) in [6, 6.07) is 4.75. The molecule has 4 heteroatoms. The Morgan fingerprint density at radius 3 is 2.85 bits per heavy atom. The van der Waals surface area contributed by atoms with E-state index in [1.165, 1.54) is 19.6 Å². The average Bonchev–Trinajstić information content (AvgIpc) is 2.11. The van der Waals surface area contributed by atoms with Crippen LogP contribution >= 0.6 is 15.9 Å². The fourth-order valence-electron chi connectivity index (χ4n) is 0.808. The molecule has 0 aromatic heterocycles. The number of carbonyl (C=O) groups excluding carboxylic acids is 1. The van der Waals surface area contributed by atoms with Gasteiger partial charge in [-0.3, -0.25) is 4.79 Å². The van der Waals surface area contributed by atoms with Crippen LogP contribution in [0.15, 0.2) is 22.7 Å². The van der Waals surface area contributed by atoms with Crippen molar-refractivity contribution in [3.8, 4) is 5.75 Å². The lowest BCUT2D eigenvalue weighted by Gasteiger charge is -2.01. The molecule has 0 atom stereocenters. The summed E-state index contributed by atoms with van der Waals surface area (Å²) in [6.07, 6.45) is 1.34. The molecule has 0 saturated heterocycles. The van der Waals surface area contributed by atoms with Crippen LogP contribution in [0.2, 0.25) is 0 Å². The fourth-order valence-corrected chi connectivity index (χ4v) is 1.20. The highest BCUT2D eigenvalue weighted by Crippen LogP contribution is 2.24. The van der Waals surface area contributed by atoms with Gasteiger partial charge >= 0.3 is 5.97 Å². The van der Waals surface area contributed by atoms with Gasteiger partial charge in [0, 0.05) is 0 Å². The van der Waals surface area contributed by atoms with E-state index < -0.39 is 5.97 Å². The van der Waals surface area contributed by atoms with E-state index in [2.05, 4.69) is 20.7 Å². The van der Waals surface area contributed by atoms with Crippen molar-refractivity contribution in [1.82, 2.24) is 0 Å². The van der Waals surface area contributed by atoms with Crippen molar-refractivity contribution in [3.63, 3.8) is 0 Å². The number of benzene rings is 1. The van der Waals surface area contributed by atoms with Crippen LogP contribution in [0.1, 0.15) is 5.56 Å². The Balaban J connectivity index is 2.79. The molecule has 1 N–H and O–H groups in total. The second-order valence-corrected chi connectivity index (χ2v) is 3.23. The van der Waals surface area contributed by atoms with Crippen molar-refractivity contribution in [3.05, 3.63) is 34.7 Å². The predicted octanol–water partition coefficient (Wildman–Crippen LogP) is 1.88. The molecule has 1 rings (SSSR count). The molecule has 0 spiro atoms. The summed E-state index contributed by atoms with van der Waals surface area (Å²) in [5.41, 5.74) is 0.677. The Morgan fingerprint density at radius 2 is 2.31 bits per heavy atom. The van der Waals surface area contributed by atoms with Crippen LogP contribution in [0.3, 0.4) is 0 Å². The number of esters is 1. The van der Waals surface area contributed by atoms with E-state index in [0.29, 0.717) is 10.0 Å². The Labute approximate surface area is 84.5 Å². The molecular weight excluding hydrogens is 236 g/mol. The quantitative estimate of drug-likeness (QED) is 0.808. The lowest BCUT2D eigenvalue weighted by atomic mass is 10.1. The molecule has 1 aromatic carbocycles. The van der Waals surface area contributed by atoms with Gasteiger partial charge in [-0.2, -0.15) is 0 Å². The molecule has 0 amide bonds. The van der Waals surface area contributed by atoms with Crippen molar-refractivity contribution in [2.75, 3.05) is 7.11 Å². The maximum Gasteiger partial charge on any atom is 0.314 e. The number of phenolic OH excluding ortho intramolecular Hbond substituents is 1.